The zero-order chi connectivity index (χ0) is 32.4. The van der Waals surface area contributed by atoms with E-state index >= 15 is 0 Å². The Morgan fingerprint density at radius 2 is 0.978 bits per heavy atom. The second-order valence-electron chi connectivity index (χ2n) is 10.3. The van der Waals surface area contributed by atoms with E-state index < -0.39 is 10.9 Å². The number of hydrogen-bond acceptors (Lipinski definition) is 11. The number of carbonyl (C=O) groups excluding carboxylic acids is 1. The second kappa shape index (κ2) is 19.4. The zero-order valence-corrected chi connectivity index (χ0v) is 26.1. The van der Waals surface area contributed by atoms with E-state index in [1.54, 1.807) is 0 Å². The number of fused-ring (bicyclic) bond motifs is 4. The van der Waals surface area contributed by atoms with Crippen molar-refractivity contribution in [1.82, 2.24) is 0 Å². The molecule has 1 heterocycles. The fourth-order valence-corrected chi connectivity index (χ4v) is 4.77. The quantitative estimate of drug-likeness (QED) is 0.169. The molecule has 0 spiro atoms. The predicted molar refractivity (Wildman–Crippen MR) is 168 cm³/mol. The fraction of sp³-hybridized carbons (Fsp3) is 0.441. The van der Waals surface area contributed by atoms with Gasteiger partial charge in [0.05, 0.1) is 71.0 Å². The highest BCUT2D eigenvalue weighted by atomic mass is 16.6. The summed E-state index contributed by atoms with van der Waals surface area (Å²) in [7, 11) is 0. The summed E-state index contributed by atoms with van der Waals surface area (Å²) in [6, 6.07) is 17.7. The van der Waals surface area contributed by atoms with Gasteiger partial charge >= 0.3 is 5.97 Å². The highest BCUT2D eigenvalue weighted by molar-refractivity contribution is 5.71. The molecule has 0 N–H and O–H groups in total. The van der Waals surface area contributed by atoms with Crippen molar-refractivity contribution < 1.29 is 47.6 Å². The fourth-order valence-electron chi connectivity index (χ4n) is 4.77. The van der Waals surface area contributed by atoms with Crippen LogP contribution in [0.2, 0.25) is 0 Å². The number of esters is 1. The second-order valence-corrected chi connectivity index (χ2v) is 10.3. The summed E-state index contributed by atoms with van der Waals surface area (Å²) in [5.41, 5.74) is 2.39. The number of nitro benzene ring substituents is 1. The van der Waals surface area contributed by atoms with E-state index in [1.807, 2.05) is 48.5 Å². The lowest BCUT2D eigenvalue weighted by molar-refractivity contribution is -0.385. The Hall–Kier alpha value is -4.07. The molecule has 0 aliphatic carbocycles. The summed E-state index contributed by atoms with van der Waals surface area (Å²) in [5, 5.41) is 12.0. The number of rotatable bonds is 2. The van der Waals surface area contributed by atoms with Crippen molar-refractivity contribution in [2.24, 2.45) is 0 Å². The predicted octanol–water partition coefficient (Wildman–Crippen LogP) is 4.56. The highest BCUT2D eigenvalue weighted by Gasteiger charge is 2.22. The molecule has 12 nitrogen and oxygen atoms in total. The van der Waals surface area contributed by atoms with E-state index in [0.29, 0.717) is 102 Å². The van der Waals surface area contributed by atoms with Crippen molar-refractivity contribution in [3.8, 4) is 17.2 Å². The van der Waals surface area contributed by atoms with E-state index in [0.717, 1.165) is 11.1 Å². The maximum absolute atomic E-state index is 12.3. The number of nitrogens with zero attached hydrogens (tertiary/aromatic N) is 1. The summed E-state index contributed by atoms with van der Waals surface area (Å²) < 4.78 is 45.6. The summed E-state index contributed by atoms with van der Waals surface area (Å²) in [4.78, 5) is 23.9. The van der Waals surface area contributed by atoms with Gasteiger partial charge in [-0.3, -0.25) is 14.9 Å². The van der Waals surface area contributed by atoms with Gasteiger partial charge in [0.15, 0.2) is 0 Å². The van der Waals surface area contributed by atoms with Crippen LogP contribution in [0, 0.1) is 10.1 Å². The lowest BCUT2D eigenvalue weighted by atomic mass is 9.96. The Kier molecular flexibility index (Phi) is 14.7. The lowest BCUT2D eigenvalue weighted by Gasteiger charge is -2.18. The number of ether oxygens (including phenoxy) is 8. The van der Waals surface area contributed by atoms with Gasteiger partial charge < -0.3 is 37.9 Å². The molecular weight excluding hydrogens is 598 g/mol. The van der Waals surface area contributed by atoms with Crippen molar-refractivity contribution in [2.45, 2.75) is 19.8 Å². The molecule has 4 rings (SSSR count). The minimum absolute atomic E-state index is 0.116. The van der Waals surface area contributed by atoms with Crippen LogP contribution in [0.5, 0.6) is 17.2 Å². The summed E-state index contributed by atoms with van der Waals surface area (Å²) in [6.45, 7) is 6.07. The third kappa shape index (κ3) is 11.7. The van der Waals surface area contributed by atoms with Crippen molar-refractivity contribution >= 4 is 11.7 Å². The van der Waals surface area contributed by atoms with Gasteiger partial charge in [0.1, 0.15) is 30.5 Å². The van der Waals surface area contributed by atoms with Crippen LogP contribution in [0.1, 0.15) is 29.2 Å². The first-order valence-corrected chi connectivity index (χ1v) is 15.3. The van der Waals surface area contributed by atoms with Crippen molar-refractivity contribution in [3.63, 3.8) is 0 Å². The van der Waals surface area contributed by atoms with Gasteiger partial charge in [-0.15, -0.1) is 0 Å². The molecule has 2 bridgehead atoms. The first kappa shape index (κ1) is 34.8. The maximum Gasteiger partial charge on any atom is 0.308 e. The Balaban J connectivity index is 1.59. The molecule has 1 aliphatic rings. The zero-order valence-electron chi connectivity index (χ0n) is 26.1. The molecular formula is C34H41NO11. The van der Waals surface area contributed by atoms with Gasteiger partial charge in [0, 0.05) is 43.0 Å². The van der Waals surface area contributed by atoms with E-state index in [1.165, 1.54) is 19.1 Å². The van der Waals surface area contributed by atoms with E-state index in [4.69, 9.17) is 37.9 Å². The third-order valence-electron chi connectivity index (χ3n) is 6.85. The number of para-hydroxylation sites is 2. The molecule has 0 aromatic heterocycles. The van der Waals surface area contributed by atoms with E-state index in [-0.39, 0.29) is 24.3 Å². The van der Waals surface area contributed by atoms with Crippen molar-refractivity contribution in [3.05, 3.63) is 93.0 Å². The Labute approximate surface area is 268 Å². The molecule has 0 radical (unpaired) electrons. The Bertz CT molecular complexity index is 1310. The average Bonchev–Trinajstić information content (AvgIpc) is 3.04. The van der Waals surface area contributed by atoms with Crippen LogP contribution in [0.15, 0.2) is 60.7 Å². The highest BCUT2D eigenvalue weighted by Crippen LogP contribution is 2.36. The van der Waals surface area contributed by atoms with Gasteiger partial charge in [0.25, 0.3) is 5.69 Å². The molecule has 0 fully saturated rings. The molecule has 3 aromatic rings. The minimum atomic E-state index is -0.536. The molecule has 0 saturated carbocycles. The molecule has 248 valence electrons. The van der Waals surface area contributed by atoms with Crippen LogP contribution >= 0.6 is 0 Å². The average molecular weight is 640 g/mol. The molecule has 0 atom stereocenters. The number of carbonyl (C=O) groups is 1. The van der Waals surface area contributed by atoms with Crippen molar-refractivity contribution in [2.75, 3.05) is 79.3 Å². The van der Waals surface area contributed by atoms with Gasteiger partial charge in [-0.1, -0.05) is 36.4 Å². The molecule has 0 amide bonds. The molecule has 1 aliphatic heterocycles. The van der Waals surface area contributed by atoms with Crippen LogP contribution in [0.4, 0.5) is 5.69 Å². The Morgan fingerprint density at radius 1 is 0.609 bits per heavy atom. The first-order chi connectivity index (χ1) is 22.5. The van der Waals surface area contributed by atoms with Gasteiger partial charge in [-0.25, -0.2) is 0 Å². The topological polar surface area (TPSA) is 134 Å². The first-order valence-electron chi connectivity index (χ1n) is 15.3. The molecule has 3 aromatic carbocycles. The number of nitro groups is 1. The SMILES string of the molecule is CC(=O)Oc1c2cc([N+](=O)[O-])cc1Cc1ccccc1OCCOCCOCCOCCOCCOCCOc1ccccc1C2. The number of hydrogen-bond donors (Lipinski definition) is 0. The van der Waals surface area contributed by atoms with Gasteiger partial charge in [-0.05, 0) is 23.3 Å². The standard InChI is InChI=1S/C34H41NO11/c1-26(36)46-34-29-22-27-6-2-4-8-32(27)44-20-18-42-16-14-40-12-10-39-11-13-41-15-17-43-19-21-45-33-9-5-3-7-28(33)23-30(34)25-31(24-29)35(37)38/h2-9,24-25H,10-23H2,1H3. The summed E-state index contributed by atoms with van der Waals surface area (Å²) in [5.74, 6) is 0.929. The molecule has 0 saturated heterocycles. The minimum Gasteiger partial charge on any atom is -0.491 e. The summed E-state index contributed by atoms with van der Waals surface area (Å²) in [6.07, 6.45) is 0.451. The van der Waals surface area contributed by atoms with Gasteiger partial charge in [-0.2, -0.15) is 0 Å². The maximum atomic E-state index is 12.3. The number of benzene rings is 3. The largest absolute Gasteiger partial charge is 0.491 e. The monoisotopic (exact) mass is 639 g/mol. The Morgan fingerprint density at radius 3 is 1.35 bits per heavy atom. The van der Waals surface area contributed by atoms with Crippen LogP contribution in [-0.4, -0.2) is 90.2 Å². The molecule has 46 heavy (non-hydrogen) atoms. The van der Waals surface area contributed by atoms with Crippen LogP contribution in [-0.2, 0) is 41.3 Å². The normalized spacial score (nSPS) is 16.6. The van der Waals surface area contributed by atoms with E-state index in [2.05, 4.69) is 0 Å². The number of non-ortho nitro benzene ring substituents is 1. The lowest BCUT2D eigenvalue weighted by Crippen LogP contribution is -2.15. The van der Waals surface area contributed by atoms with Crippen LogP contribution in [0.3, 0.4) is 0 Å². The van der Waals surface area contributed by atoms with E-state index in [9.17, 15) is 14.9 Å². The third-order valence-corrected chi connectivity index (χ3v) is 6.85. The molecule has 12 heteroatoms. The van der Waals surface area contributed by atoms with Crippen LogP contribution in [0.25, 0.3) is 0 Å². The van der Waals surface area contributed by atoms with Gasteiger partial charge in [0.2, 0.25) is 0 Å². The smallest absolute Gasteiger partial charge is 0.308 e. The van der Waals surface area contributed by atoms with Crippen LogP contribution < -0.4 is 14.2 Å². The molecule has 0 unspecified atom stereocenters. The summed E-state index contributed by atoms with van der Waals surface area (Å²) >= 11 is 0. The van der Waals surface area contributed by atoms with Crippen molar-refractivity contribution in [1.29, 1.82) is 0 Å².